The Morgan fingerprint density at radius 3 is 2.78 bits per heavy atom. The molecule has 0 saturated carbocycles. The van der Waals surface area contributed by atoms with Gasteiger partial charge in [0.1, 0.15) is 15.6 Å². The largest absolute Gasteiger partial charge is 0.496 e. The first-order chi connectivity index (χ1) is 13.0. The minimum absolute atomic E-state index is 0.269. The molecule has 0 bridgehead atoms. The standard InChI is InChI=1S/C18H14IN3O3S2/c1-25-15-5-3-2-4-12(15)14-10-21-18-13(14)8-11(9-20-18)16-6-7-17(26-16)27(23,24)22-19/h2-10,22H,1H3,(H,20,21). The van der Waals surface area contributed by atoms with Crippen molar-refractivity contribution in [1.82, 2.24) is 12.9 Å². The van der Waals surface area contributed by atoms with Crippen molar-refractivity contribution in [1.29, 1.82) is 0 Å². The number of fused-ring (bicyclic) bond motifs is 1. The molecule has 9 heteroatoms. The van der Waals surface area contributed by atoms with Crippen molar-refractivity contribution in [2.75, 3.05) is 7.11 Å². The van der Waals surface area contributed by atoms with Crippen molar-refractivity contribution in [3.63, 3.8) is 0 Å². The molecule has 3 heterocycles. The molecule has 0 amide bonds. The lowest BCUT2D eigenvalue weighted by molar-refractivity contribution is 0.416. The highest BCUT2D eigenvalue weighted by Crippen LogP contribution is 2.37. The van der Waals surface area contributed by atoms with E-state index in [2.05, 4.69) is 12.9 Å². The minimum atomic E-state index is -3.47. The topological polar surface area (TPSA) is 84.1 Å². The molecule has 0 saturated heterocycles. The Morgan fingerprint density at radius 2 is 2.00 bits per heavy atom. The number of rotatable bonds is 5. The zero-order chi connectivity index (χ0) is 19.0. The maximum Gasteiger partial charge on any atom is 0.258 e. The average molecular weight is 511 g/mol. The van der Waals surface area contributed by atoms with Crippen LogP contribution in [0.2, 0.25) is 0 Å². The number of H-pyrrole nitrogens is 1. The van der Waals surface area contributed by atoms with Crippen LogP contribution in [-0.2, 0) is 10.0 Å². The lowest BCUT2D eigenvalue weighted by Gasteiger charge is -2.07. The van der Waals surface area contributed by atoms with Crippen LogP contribution < -0.4 is 7.67 Å². The van der Waals surface area contributed by atoms with Crippen LogP contribution in [0.25, 0.3) is 32.6 Å². The SMILES string of the molecule is COc1ccccc1-c1c[nH]c2ncc(-c3ccc(S(=O)(=O)NI)s3)cc12. The van der Waals surface area contributed by atoms with E-state index in [0.29, 0.717) is 0 Å². The van der Waals surface area contributed by atoms with E-state index in [1.807, 2.05) is 36.5 Å². The van der Waals surface area contributed by atoms with Gasteiger partial charge in [0.2, 0.25) is 0 Å². The first kappa shape index (κ1) is 18.4. The number of sulfonamides is 1. The summed E-state index contributed by atoms with van der Waals surface area (Å²) in [5, 5.41) is 0.946. The first-order valence-electron chi connectivity index (χ1n) is 7.86. The number of nitrogens with one attached hydrogen (secondary N) is 2. The summed E-state index contributed by atoms with van der Waals surface area (Å²) in [5.41, 5.74) is 3.57. The second-order valence-electron chi connectivity index (χ2n) is 5.72. The molecule has 4 aromatic rings. The highest BCUT2D eigenvalue weighted by atomic mass is 127. The predicted molar refractivity (Wildman–Crippen MR) is 116 cm³/mol. The van der Waals surface area contributed by atoms with E-state index < -0.39 is 10.0 Å². The van der Waals surface area contributed by atoms with Crippen LogP contribution in [0.5, 0.6) is 5.75 Å². The summed E-state index contributed by atoms with van der Waals surface area (Å²) in [7, 11) is -1.82. The molecule has 0 fully saturated rings. The fourth-order valence-electron chi connectivity index (χ4n) is 2.89. The zero-order valence-corrected chi connectivity index (χ0v) is 17.9. The van der Waals surface area contributed by atoms with E-state index >= 15 is 0 Å². The molecule has 0 aliphatic rings. The number of pyridine rings is 1. The Hall–Kier alpha value is -1.95. The maximum absolute atomic E-state index is 12.0. The molecule has 0 aliphatic heterocycles. The quantitative estimate of drug-likeness (QED) is 0.303. The molecule has 4 rings (SSSR count). The summed E-state index contributed by atoms with van der Waals surface area (Å²) in [6.07, 6.45) is 3.65. The number of aromatic nitrogens is 2. The van der Waals surface area contributed by atoms with Crippen molar-refractivity contribution < 1.29 is 13.2 Å². The third-order valence-electron chi connectivity index (χ3n) is 4.16. The van der Waals surface area contributed by atoms with Crippen LogP contribution in [-0.4, -0.2) is 25.5 Å². The molecule has 0 unspecified atom stereocenters. The van der Waals surface area contributed by atoms with Gasteiger partial charge in [0.15, 0.2) is 0 Å². The molecule has 0 aliphatic carbocycles. The lowest BCUT2D eigenvalue weighted by Crippen LogP contribution is -2.10. The van der Waals surface area contributed by atoms with Gasteiger partial charge in [0.05, 0.1) is 7.11 Å². The van der Waals surface area contributed by atoms with Gasteiger partial charge >= 0.3 is 0 Å². The fraction of sp³-hybridized carbons (Fsp3) is 0.0556. The van der Waals surface area contributed by atoms with Crippen molar-refractivity contribution in [2.45, 2.75) is 4.21 Å². The monoisotopic (exact) mass is 511 g/mol. The average Bonchev–Trinajstić information content (AvgIpc) is 3.35. The van der Waals surface area contributed by atoms with Crippen LogP contribution in [0.15, 0.2) is 59.1 Å². The van der Waals surface area contributed by atoms with Crippen molar-refractivity contribution in [2.24, 2.45) is 0 Å². The summed E-state index contributed by atoms with van der Waals surface area (Å²) in [6, 6.07) is 13.2. The van der Waals surface area contributed by atoms with Crippen molar-refractivity contribution in [3.8, 4) is 27.3 Å². The number of benzene rings is 1. The van der Waals surface area contributed by atoms with E-state index in [1.165, 1.54) is 11.3 Å². The van der Waals surface area contributed by atoms with Gasteiger partial charge in [-0.3, -0.25) is 0 Å². The van der Waals surface area contributed by atoms with E-state index in [-0.39, 0.29) is 4.21 Å². The number of ether oxygens (including phenoxy) is 1. The molecule has 1 aromatic carbocycles. The molecule has 0 radical (unpaired) electrons. The first-order valence-corrected chi connectivity index (χ1v) is 11.2. The highest BCUT2D eigenvalue weighted by Gasteiger charge is 2.17. The minimum Gasteiger partial charge on any atom is -0.496 e. The Labute approximate surface area is 174 Å². The van der Waals surface area contributed by atoms with Crippen LogP contribution in [0.1, 0.15) is 0 Å². The van der Waals surface area contributed by atoms with Crippen molar-refractivity contribution >= 4 is 55.3 Å². The van der Waals surface area contributed by atoms with Crippen LogP contribution >= 0.6 is 34.2 Å². The van der Waals surface area contributed by atoms with E-state index in [4.69, 9.17) is 4.74 Å². The smallest absolute Gasteiger partial charge is 0.258 e. The molecule has 0 spiro atoms. The molecule has 27 heavy (non-hydrogen) atoms. The number of hydrogen-bond acceptors (Lipinski definition) is 5. The van der Waals surface area contributed by atoms with Gasteiger partial charge in [-0.1, -0.05) is 18.2 Å². The number of halogens is 1. The number of para-hydroxylation sites is 1. The summed E-state index contributed by atoms with van der Waals surface area (Å²) >= 11 is 2.83. The highest BCUT2D eigenvalue weighted by molar-refractivity contribution is 14.1. The normalized spacial score (nSPS) is 11.8. The molecule has 6 nitrogen and oxygen atoms in total. The van der Waals surface area contributed by atoms with Gasteiger partial charge in [0.25, 0.3) is 10.0 Å². The van der Waals surface area contributed by atoms with Crippen LogP contribution in [0.3, 0.4) is 0 Å². The van der Waals surface area contributed by atoms with Crippen LogP contribution in [0, 0.1) is 0 Å². The Morgan fingerprint density at radius 1 is 1.19 bits per heavy atom. The molecule has 2 N–H and O–H groups in total. The Bertz CT molecular complexity index is 1230. The summed E-state index contributed by atoms with van der Waals surface area (Å²) in [4.78, 5) is 8.51. The van der Waals surface area contributed by atoms with E-state index in [9.17, 15) is 8.42 Å². The zero-order valence-electron chi connectivity index (χ0n) is 14.1. The van der Waals surface area contributed by atoms with Gasteiger partial charge in [-0.15, -0.1) is 11.3 Å². The van der Waals surface area contributed by atoms with E-state index in [1.54, 1.807) is 48.3 Å². The van der Waals surface area contributed by atoms with Gasteiger partial charge in [0, 0.05) is 62.2 Å². The summed E-state index contributed by atoms with van der Waals surface area (Å²) in [5.74, 6) is 0.779. The second-order valence-corrected chi connectivity index (χ2v) is 9.99. The van der Waals surface area contributed by atoms with E-state index in [0.717, 1.165) is 38.4 Å². The third kappa shape index (κ3) is 3.35. The molecule has 3 aromatic heterocycles. The number of thiophene rings is 1. The Balaban J connectivity index is 1.84. The third-order valence-corrected chi connectivity index (χ3v) is 8.61. The molecule has 138 valence electrons. The van der Waals surface area contributed by atoms with Gasteiger partial charge in [-0.2, -0.15) is 2.94 Å². The van der Waals surface area contributed by atoms with Crippen molar-refractivity contribution in [3.05, 3.63) is 54.9 Å². The summed E-state index contributed by atoms with van der Waals surface area (Å²) in [6.45, 7) is 0. The summed E-state index contributed by atoms with van der Waals surface area (Å²) < 4.78 is 32.0. The lowest BCUT2D eigenvalue weighted by atomic mass is 10.0. The molecular formula is C18H14IN3O3S2. The number of hydrogen-bond donors (Lipinski definition) is 2. The second kappa shape index (κ2) is 7.23. The molecular weight excluding hydrogens is 497 g/mol. The Kier molecular flexibility index (Phi) is 4.93. The molecule has 0 atom stereocenters. The predicted octanol–water partition coefficient (Wildman–Crippen LogP) is 4.60. The number of nitrogens with zero attached hydrogens (tertiary/aromatic N) is 1. The van der Waals surface area contributed by atoms with Gasteiger partial charge in [-0.25, -0.2) is 13.4 Å². The maximum atomic E-state index is 12.0. The van der Waals surface area contributed by atoms with Gasteiger partial charge in [-0.05, 0) is 24.3 Å². The van der Waals surface area contributed by atoms with Gasteiger partial charge < -0.3 is 9.72 Å². The number of aromatic amines is 1. The fourth-order valence-corrected chi connectivity index (χ4v) is 5.92. The van der Waals surface area contributed by atoms with Crippen LogP contribution in [0.4, 0.5) is 0 Å². The number of methoxy groups -OCH3 is 1.